The molecule has 0 aliphatic carbocycles. The SMILES string of the molecule is CCN(CC)[C@H](C(=O)Nc1ccn(C)n1)c1ccccc1. The van der Waals surface area contributed by atoms with E-state index in [9.17, 15) is 4.79 Å². The van der Waals surface area contributed by atoms with Gasteiger partial charge >= 0.3 is 0 Å². The number of carbonyl (C=O) groups excluding carboxylic acids is 1. The highest BCUT2D eigenvalue weighted by Crippen LogP contribution is 2.22. The Labute approximate surface area is 125 Å². The van der Waals surface area contributed by atoms with Gasteiger partial charge in [-0.3, -0.25) is 14.4 Å². The highest BCUT2D eigenvalue weighted by atomic mass is 16.2. The highest BCUT2D eigenvalue weighted by Gasteiger charge is 2.26. The number of aryl methyl sites for hydroxylation is 1. The maximum absolute atomic E-state index is 12.7. The number of carbonyl (C=O) groups is 1. The first kappa shape index (κ1) is 15.3. The molecule has 5 nitrogen and oxygen atoms in total. The van der Waals surface area contributed by atoms with Crippen LogP contribution in [-0.2, 0) is 11.8 Å². The lowest BCUT2D eigenvalue weighted by Crippen LogP contribution is -2.37. The maximum Gasteiger partial charge on any atom is 0.247 e. The molecule has 0 saturated carbocycles. The summed E-state index contributed by atoms with van der Waals surface area (Å²) in [6.07, 6.45) is 1.81. The van der Waals surface area contributed by atoms with Crippen molar-refractivity contribution in [2.75, 3.05) is 18.4 Å². The van der Waals surface area contributed by atoms with Crippen LogP contribution in [0.15, 0.2) is 42.6 Å². The van der Waals surface area contributed by atoms with E-state index in [1.54, 1.807) is 10.7 Å². The predicted octanol–water partition coefficient (Wildman–Crippen LogP) is 2.44. The molecule has 0 bridgehead atoms. The Balaban J connectivity index is 2.24. The molecule has 21 heavy (non-hydrogen) atoms. The summed E-state index contributed by atoms with van der Waals surface area (Å²) < 4.78 is 1.67. The van der Waals surface area contributed by atoms with E-state index >= 15 is 0 Å². The van der Waals surface area contributed by atoms with Crippen LogP contribution in [0.3, 0.4) is 0 Å². The van der Waals surface area contributed by atoms with Crippen molar-refractivity contribution in [3.8, 4) is 0 Å². The first-order valence-electron chi connectivity index (χ1n) is 7.25. The summed E-state index contributed by atoms with van der Waals surface area (Å²) in [4.78, 5) is 14.8. The van der Waals surface area contributed by atoms with Gasteiger partial charge in [0.2, 0.25) is 5.91 Å². The van der Waals surface area contributed by atoms with Gasteiger partial charge in [0.05, 0.1) is 0 Å². The second-order valence-electron chi connectivity index (χ2n) is 4.90. The lowest BCUT2D eigenvalue weighted by molar-refractivity contribution is -0.121. The van der Waals surface area contributed by atoms with E-state index in [1.165, 1.54) is 0 Å². The van der Waals surface area contributed by atoms with Crippen LogP contribution >= 0.6 is 0 Å². The Kier molecular flexibility index (Phi) is 5.11. The summed E-state index contributed by atoms with van der Waals surface area (Å²) >= 11 is 0. The molecule has 0 saturated heterocycles. The Hall–Kier alpha value is -2.14. The molecule has 0 aliphatic heterocycles. The molecule has 1 heterocycles. The molecule has 0 fully saturated rings. The summed E-state index contributed by atoms with van der Waals surface area (Å²) in [6.45, 7) is 5.75. The van der Waals surface area contributed by atoms with Crippen molar-refractivity contribution in [2.24, 2.45) is 7.05 Å². The Morgan fingerprint density at radius 2 is 1.90 bits per heavy atom. The molecule has 5 heteroatoms. The lowest BCUT2D eigenvalue weighted by atomic mass is 10.0. The largest absolute Gasteiger partial charge is 0.308 e. The molecule has 1 aromatic heterocycles. The third kappa shape index (κ3) is 3.70. The van der Waals surface area contributed by atoms with Crippen LogP contribution in [0.5, 0.6) is 0 Å². The molecular weight excluding hydrogens is 264 g/mol. The summed E-state index contributed by atoms with van der Waals surface area (Å²) in [5.74, 6) is 0.527. The number of aromatic nitrogens is 2. The molecule has 0 spiro atoms. The van der Waals surface area contributed by atoms with Crippen LogP contribution in [0, 0.1) is 0 Å². The van der Waals surface area contributed by atoms with Gasteiger partial charge < -0.3 is 5.32 Å². The molecule has 112 valence electrons. The molecule has 1 N–H and O–H groups in total. The van der Waals surface area contributed by atoms with Crippen molar-refractivity contribution in [1.82, 2.24) is 14.7 Å². The zero-order chi connectivity index (χ0) is 15.2. The third-order valence-electron chi connectivity index (χ3n) is 3.51. The molecule has 2 rings (SSSR count). The number of hydrogen-bond donors (Lipinski definition) is 1. The van der Waals surface area contributed by atoms with Crippen molar-refractivity contribution in [1.29, 1.82) is 0 Å². The number of likely N-dealkylation sites (N-methyl/N-ethyl adjacent to an activating group) is 1. The monoisotopic (exact) mass is 286 g/mol. The molecule has 0 radical (unpaired) electrons. The molecule has 1 atom stereocenters. The van der Waals surface area contributed by atoms with Gasteiger partial charge in [0.15, 0.2) is 5.82 Å². The summed E-state index contributed by atoms with van der Waals surface area (Å²) in [6, 6.07) is 11.3. The van der Waals surface area contributed by atoms with Gasteiger partial charge in [0.1, 0.15) is 6.04 Å². The number of nitrogens with one attached hydrogen (secondary N) is 1. The van der Waals surface area contributed by atoms with Gasteiger partial charge in [-0.1, -0.05) is 44.2 Å². The van der Waals surface area contributed by atoms with Gasteiger partial charge in [-0.2, -0.15) is 5.10 Å². The van der Waals surface area contributed by atoms with Crippen LogP contribution in [0.25, 0.3) is 0 Å². The van der Waals surface area contributed by atoms with Crippen LogP contribution in [-0.4, -0.2) is 33.7 Å². The maximum atomic E-state index is 12.7. The first-order valence-corrected chi connectivity index (χ1v) is 7.25. The zero-order valence-electron chi connectivity index (χ0n) is 12.8. The van der Waals surface area contributed by atoms with Crippen molar-refractivity contribution in [2.45, 2.75) is 19.9 Å². The third-order valence-corrected chi connectivity index (χ3v) is 3.51. The minimum absolute atomic E-state index is 0.0522. The lowest BCUT2D eigenvalue weighted by Gasteiger charge is -2.28. The van der Waals surface area contributed by atoms with Crippen LogP contribution in [0.2, 0.25) is 0 Å². The van der Waals surface area contributed by atoms with Gasteiger partial charge in [-0.15, -0.1) is 0 Å². The fourth-order valence-corrected chi connectivity index (χ4v) is 2.43. The van der Waals surface area contributed by atoms with E-state index in [1.807, 2.05) is 43.6 Å². The quantitative estimate of drug-likeness (QED) is 0.887. The molecular formula is C16H22N4O. The summed E-state index contributed by atoms with van der Waals surface area (Å²) in [5.41, 5.74) is 0.995. The Morgan fingerprint density at radius 3 is 2.43 bits per heavy atom. The normalized spacial score (nSPS) is 12.4. The number of anilines is 1. The minimum Gasteiger partial charge on any atom is -0.308 e. The average molecular weight is 286 g/mol. The van der Waals surface area contributed by atoms with Gasteiger partial charge in [0, 0.05) is 19.3 Å². The van der Waals surface area contributed by atoms with E-state index < -0.39 is 0 Å². The van der Waals surface area contributed by atoms with Crippen LogP contribution in [0.1, 0.15) is 25.5 Å². The Bertz CT molecular complexity index is 575. The topological polar surface area (TPSA) is 50.2 Å². The molecule has 2 aromatic rings. The molecule has 0 unspecified atom stereocenters. The number of benzene rings is 1. The number of hydrogen-bond acceptors (Lipinski definition) is 3. The highest BCUT2D eigenvalue weighted by molar-refractivity contribution is 5.94. The fraction of sp³-hybridized carbons (Fsp3) is 0.375. The first-order chi connectivity index (χ1) is 10.2. The van der Waals surface area contributed by atoms with Gasteiger partial charge in [-0.25, -0.2) is 0 Å². The van der Waals surface area contributed by atoms with Crippen molar-refractivity contribution in [3.63, 3.8) is 0 Å². The molecule has 1 amide bonds. The number of nitrogens with zero attached hydrogens (tertiary/aromatic N) is 3. The second kappa shape index (κ2) is 7.04. The smallest absolute Gasteiger partial charge is 0.247 e. The number of rotatable bonds is 6. The van der Waals surface area contributed by atoms with Gasteiger partial charge in [-0.05, 0) is 18.7 Å². The van der Waals surface area contributed by atoms with Gasteiger partial charge in [0.25, 0.3) is 0 Å². The average Bonchev–Trinajstić information content (AvgIpc) is 2.90. The van der Waals surface area contributed by atoms with E-state index in [2.05, 4.69) is 29.2 Å². The van der Waals surface area contributed by atoms with Crippen LogP contribution in [0.4, 0.5) is 5.82 Å². The Morgan fingerprint density at radius 1 is 1.24 bits per heavy atom. The standard InChI is InChI=1S/C16H22N4O/c1-4-20(5-2)15(13-9-7-6-8-10-13)16(21)17-14-11-12-19(3)18-14/h6-12,15H,4-5H2,1-3H3,(H,17,18,21)/t15-/m0/s1. The zero-order valence-corrected chi connectivity index (χ0v) is 12.8. The molecule has 0 aliphatic rings. The summed E-state index contributed by atoms with van der Waals surface area (Å²) in [5, 5.41) is 7.10. The van der Waals surface area contributed by atoms with E-state index in [4.69, 9.17) is 0 Å². The van der Waals surface area contributed by atoms with E-state index in [0.717, 1.165) is 18.7 Å². The van der Waals surface area contributed by atoms with Crippen molar-refractivity contribution >= 4 is 11.7 Å². The van der Waals surface area contributed by atoms with E-state index in [0.29, 0.717) is 5.82 Å². The predicted molar refractivity (Wildman–Crippen MR) is 83.9 cm³/mol. The van der Waals surface area contributed by atoms with E-state index in [-0.39, 0.29) is 11.9 Å². The van der Waals surface area contributed by atoms with Crippen molar-refractivity contribution < 1.29 is 4.79 Å². The fourth-order valence-electron chi connectivity index (χ4n) is 2.43. The number of amides is 1. The van der Waals surface area contributed by atoms with Crippen molar-refractivity contribution in [3.05, 3.63) is 48.2 Å². The second-order valence-corrected chi connectivity index (χ2v) is 4.90. The minimum atomic E-state index is -0.303. The summed E-state index contributed by atoms with van der Waals surface area (Å²) in [7, 11) is 1.83. The van der Waals surface area contributed by atoms with Crippen LogP contribution < -0.4 is 5.32 Å². The molecule has 1 aromatic carbocycles.